The first-order valence-corrected chi connectivity index (χ1v) is 7.04. The van der Waals surface area contributed by atoms with Crippen molar-refractivity contribution in [3.63, 3.8) is 0 Å². The van der Waals surface area contributed by atoms with Gasteiger partial charge in [-0.05, 0) is 41.3 Å². The highest BCUT2D eigenvalue weighted by Gasteiger charge is 2.32. The van der Waals surface area contributed by atoms with Crippen LogP contribution in [0, 0.1) is 6.92 Å². The predicted octanol–water partition coefficient (Wildman–Crippen LogP) is 4.89. The van der Waals surface area contributed by atoms with Crippen LogP contribution in [0.15, 0.2) is 30.3 Å². The Morgan fingerprint density at radius 1 is 1.20 bits per heavy atom. The zero-order valence-electron chi connectivity index (χ0n) is 10.8. The Kier molecular flexibility index (Phi) is 3.23. The molecule has 0 amide bonds. The van der Waals surface area contributed by atoms with Crippen LogP contribution in [0.4, 0.5) is 0 Å². The molecular weight excluding hydrogens is 295 g/mol. The van der Waals surface area contributed by atoms with Gasteiger partial charge in [0, 0.05) is 16.0 Å². The van der Waals surface area contributed by atoms with Gasteiger partial charge in [0.1, 0.15) is 0 Å². The molecular formula is C16H12Cl2O2. The van der Waals surface area contributed by atoms with Crippen molar-refractivity contribution in [2.45, 2.75) is 19.3 Å². The SMILES string of the molecule is Cc1ccc2c(c1)C(CC(=O)O)c1c(Cl)cc(Cl)cc1-2. The lowest BCUT2D eigenvalue weighted by atomic mass is 9.93. The Bertz CT molecular complexity index is 723. The van der Waals surface area contributed by atoms with E-state index in [0.717, 1.165) is 27.8 Å². The lowest BCUT2D eigenvalue weighted by molar-refractivity contribution is -0.137. The molecule has 0 bridgehead atoms. The van der Waals surface area contributed by atoms with E-state index in [9.17, 15) is 9.90 Å². The fourth-order valence-corrected chi connectivity index (χ4v) is 3.54. The second-order valence-corrected chi connectivity index (χ2v) is 5.93. The molecule has 0 aromatic heterocycles. The number of carboxylic acids is 1. The summed E-state index contributed by atoms with van der Waals surface area (Å²) in [5.41, 5.74) is 4.98. The number of halogens is 2. The number of aliphatic carboxylic acids is 1. The molecule has 0 aliphatic heterocycles. The van der Waals surface area contributed by atoms with Gasteiger partial charge in [0.2, 0.25) is 0 Å². The van der Waals surface area contributed by atoms with Crippen molar-refractivity contribution in [2.75, 3.05) is 0 Å². The van der Waals surface area contributed by atoms with Gasteiger partial charge in [-0.15, -0.1) is 0 Å². The highest BCUT2D eigenvalue weighted by molar-refractivity contribution is 6.36. The van der Waals surface area contributed by atoms with Gasteiger partial charge in [0.15, 0.2) is 0 Å². The molecule has 0 radical (unpaired) electrons. The fraction of sp³-hybridized carbons (Fsp3) is 0.188. The molecule has 0 heterocycles. The Hall–Kier alpha value is -1.51. The van der Waals surface area contributed by atoms with Crippen molar-refractivity contribution in [3.8, 4) is 11.1 Å². The number of hydrogen-bond acceptors (Lipinski definition) is 1. The smallest absolute Gasteiger partial charge is 0.304 e. The molecule has 2 aromatic carbocycles. The largest absolute Gasteiger partial charge is 0.481 e. The zero-order chi connectivity index (χ0) is 14.4. The highest BCUT2D eigenvalue weighted by atomic mass is 35.5. The first-order valence-electron chi connectivity index (χ1n) is 6.29. The molecule has 1 unspecified atom stereocenters. The summed E-state index contributed by atoms with van der Waals surface area (Å²) in [5.74, 6) is -1.04. The van der Waals surface area contributed by atoms with Crippen molar-refractivity contribution < 1.29 is 9.90 Å². The Labute approximate surface area is 127 Å². The number of hydrogen-bond donors (Lipinski definition) is 1. The monoisotopic (exact) mass is 306 g/mol. The molecule has 1 N–H and O–H groups in total. The minimum absolute atomic E-state index is 0.0325. The van der Waals surface area contributed by atoms with E-state index in [-0.39, 0.29) is 12.3 Å². The average Bonchev–Trinajstić information content (AvgIpc) is 2.63. The van der Waals surface area contributed by atoms with E-state index in [4.69, 9.17) is 23.2 Å². The molecule has 2 aromatic rings. The molecule has 1 aliphatic rings. The number of aryl methyl sites for hydroxylation is 1. The lowest BCUT2D eigenvalue weighted by Crippen LogP contribution is -2.05. The highest BCUT2D eigenvalue weighted by Crippen LogP contribution is 2.50. The number of rotatable bonds is 2. The number of benzene rings is 2. The van der Waals surface area contributed by atoms with Gasteiger partial charge in [-0.1, -0.05) is 47.0 Å². The number of fused-ring (bicyclic) bond motifs is 3. The van der Waals surface area contributed by atoms with E-state index in [1.807, 2.05) is 31.2 Å². The predicted molar refractivity (Wildman–Crippen MR) is 80.7 cm³/mol. The first-order chi connectivity index (χ1) is 9.47. The molecule has 0 fully saturated rings. The van der Waals surface area contributed by atoms with Gasteiger partial charge in [0.25, 0.3) is 0 Å². The van der Waals surface area contributed by atoms with Crippen LogP contribution in [0.25, 0.3) is 11.1 Å². The van der Waals surface area contributed by atoms with E-state index in [2.05, 4.69) is 0 Å². The van der Waals surface area contributed by atoms with Crippen LogP contribution < -0.4 is 0 Å². The molecule has 0 saturated carbocycles. The van der Waals surface area contributed by atoms with E-state index in [1.54, 1.807) is 6.07 Å². The summed E-state index contributed by atoms with van der Waals surface area (Å²) in [6, 6.07) is 9.60. The minimum atomic E-state index is -0.832. The van der Waals surface area contributed by atoms with Crippen LogP contribution in [0.2, 0.25) is 10.0 Å². The standard InChI is InChI=1S/C16H12Cl2O2/c1-8-2-3-10-11(4-8)13(7-15(19)20)16-12(10)5-9(17)6-14(16)18/h2-6,13H,7H2,1H3,(H,19,20). The van der Waals surface area contributed by atoms with Gasteiger partial charge < -0.3 is 5.11 Å². The van der Waals surface area contributed by atoms with E-state index < -0.39 is 5.97 Å². The Balaban J connectivity index is 2.28. The summed E-state index contributed by atoms with van der Waals surface area (Å²) in [4.78, 5) is 11.2. The van der Waals surface area contributed by atoms with E-state index >= 15 is 0 Å². The van der Waals surface area contributed by atoms with E-state index in [0.29, 0.717) is 10.0 Å². The van der Waals surface area contributed by atoms with Crippen molar-refractivity contribution >= 4 is 29.2 Å². The quantitative estimate of drug-likeness (QED) is 0.857. The number of carboxylic acid groups (broad SMARTS) is 1. The van der Waals surface area contributed by atoms with E-state index in [1.165, 1.54) is 0 Å². The van der Waals surface area contributed by atoms with Crippen LogP contribution >= 0.6 is 23.2 Å². The second kappa shape index (κ2) is 4.80. The van der Waals surface area contributed by atoms with Crippen LogP contribution in [-0.2, 0) is 4.79 Å². The van der Waals surface area contributed by atoms with Crippen LogP contribution in [0.3, 0.4) is 0 Å². The van der Waals surface area contributed by atoms with Crippen molar-refractivity contribution in [1.82, 2.24) is 0 Å². The maximum Gasteiger partial charge on any atom is 0.304 e. The molecule has 1 atom stereocenters. The summed E-state index contributed by atoms with van der Waals surface area (Å²) in [7, 11) is 0. The third-order valence-corrected chi connectivity index (χ3v) is 4.23. The van der Waals surface area contributed by atoms with Crippen LogP contribution in [0.1, 0.15) is 29.0 Å². The normalized spacial score (nSPS) is 15.8. The van der Waals surface area contributed by atoms with Gasteiger partial charge in [-0.2, -0.15) is 0 Å². The second-order valence-electron chi connectivity index (χ2n) is 5.09. The summed E-state index contributed by atoms with van der Waals surface area (Å²) in [5, 5.41) is 10.3. The molecule has 0 spiro atoms. The molecule has 0 saturated heterocycles. The van der Waals surface area contributed by atoms with Crippen molar-refractivity contribution in [2.24, 2.45) is 0 Å². The average molecular weight is 307 g/mol. The van der Waals surface area contributed by atoms with Gasteiger partial charge >= 0.3 is 5.97 Å². The molecule has 2 nitrogen and oxygen atoms in total. The van der Waals surface area contributed by atoms with Crippen molar-refractivity contribution in [3.05, 3.63) is 57.1 Å². The molecule has 102 valence electrons. The maximum atomic E-state index is 11.2. The topological polar surface area (TPSA) is 37.3 Å². The van der Waals surface area contributed by atoms with Crippen LogP contribution in [0.5, 0.6) is 0 Å². The molecule has 4 heteroatoms. The van der Waals surface area contributed by atoms with Crippen LogP contribution in [-0.4, -0.2) is 11.1 Å². The lowest BCUT2D eigenvalue weighted by Gasteiger charge is -2.12. The van der Waals surface area contributed by atoms with Gasteiger partial charge in [-0.25, -0.2) is 0 Å². The Morgan fingerprint density at radius 3 is 2.65 bits per heavy atom. The maximum absolute atomic E-state index is 11.2. The third-order valence-electron chi connectivity index (χ3n) is 3.69. The Morgan fingerprint density at radius 2 is 1.95 bits per heavy atom. The molecule has 20 heavy (non-hydrogen) atoms. The fourth-order valence-electron chi connectivity index (χ4n) is 2.92. The van der Waals surface area contributed by atoms with Crippen molar-refractivity contribution in [1.29, 1.82) is 0 Å². The number of carbonyl (C=O) groups is 1. The minimum Gasteiger partial charge on any atom is -0.481 e. The summed E-state index contributed by atoms with van der Waals surface area (Å²) in [6.45, 7) is 2.00. The summed E-state index contributed by atoms with van der Waals surface area (Å²) < 4.78 is 0. The zero-order valence-corrected chi connectivity index (χ0v) is 12.3. The van der Waals surface area contributed by atoms with Gasteiger partial charge in [-0.3, -0.25) is 4.79 Å². The summed E-state index contributed by atoms with van der Waals surface area (Å²) in [6.07, 6.45) is 0.0325. The first kappa shape index (κ1) is 13.5. The molecule has 1 aliphatic carbocycles. The summed E-state index contributed by atoms with van der Waals surface area (Å²) >= 11 is 12.4. The third kappa shape index (κ3) is 2.09. The molecule has 3 rings (SSSR count). The van der Waals surface area contributed by atoms with Gasteiger partial charge in [0.05, 0.1) is 6.42 Å².